The highest BCUT2D eigenvalue weighted by Crippen LogP contribution is 2.34. The molecule has 9 heteroatoms. The lowest BCUT2D eigenvalue weighted by atomic mass is 9.98. The lowest BCUT2D eigenvalue weighted by Crippen LogP contribution is -2.45. The molecule has 1 amide bonds. The summed E-state index contributed by atoms with van der Waals surface area (Å²) in [5.41, 5.74) is 2.56. The van der Waals surface area contributed by atoms with Crippen molar-refractivity contribution in [3.05, 3.63) is 47.5 Å². The number of hydrogen-bond acceptors (Lipinski definition) is 7. The van der Waals surface area contributed by atoms with Crippen LogP contribution in [0.3, 0.4) is 0 Å². The van der Waals surface area contributed by atoms with Gasteiger partial charge in [-0.3, -0.25) is 20.5 Å². The van der Waals surface area contributed by atoms with E-state index >= 15 is 0 Å². The summed E-state index contributed by atoms with van der Waals surface area (Å²) < 4.78 is 5.39. The number of benzene rings is 2. The molecule has 3 rings (SSSR count). The molecule has 1 aliphatic rings. The zero-order valence-corrected chi connectivity index (χ0v) is 20.5. The van der Waals surface area contributed by atoms with E-state index in [1.165, 1.54) is 25.1 Å². The maximum Gasteiger partial charge on any atom is 0.286 e. The van der Waals surface area contributed by atoms with Crippen LogP contribution in [-0.2, 0) is 4.79 Å². The molecule has 9 nitrogen and oxygen atoms in total. The first-order chi connectivity index (χ1) is 16.2. The van der Waals surface area contributed by atoms with E-state index in [2.05, 4.69) is 22.2 Å². The van der Waals surface area contributed by atoms with Gasteiger partial charge < -0.3 is 25.0 Å². The zero-order valence-electron chi connectivity index (χ0n) is 20.5. The van der Waals surface area contributed by atoms with Crippen LogP contribution in [0.15, 0.2) is 36.4 Å². The molecular formula is C25H34N6O3. The van der Waals surface area contributed by atoms with Crippen molar-refractivity contribution < 1.29 is 14.6 Å². The van der Waals surface area contributed by atoms with Crippen LogP contribution in [-0.4, -0.2) is 75.0 Å². The molecule has 0 aromatic heterocycles. The van der Waals surface area contributed by atoms with Crippen LogP contribution in [0.4, 0.5) is 11.4 Å². The van der Waals surface area contributed by atoms with Gasteiger partial charge in [-0.25, -0.2) is 0 Å². The summed E-state index contributed by atoms with van der Waals surface area (Å²) in [6.07, 6.45) is 0. The molecule has 1 heterocycles. The number of rotatable bonds is 5. The first-order valence-electron chi connectivity index (χ1n) is 11.3. The summed E-state index contributed by atoms with van der Waals surface area (Å²) in [4.78, 5) is 18.2. The van der Waals surface area contributed by atoms with Crippen molar-refractivity contribution >= 4 is 29.0 Å². The second kappa shape index (κ2) is 10.6. The Morgan fingerprint density at radius 3 is 2.26 bits per heavy atom. The molecule has 0 bridgehead atoms. The van der Waals surface area contributed by atoms with E-state index in [1.807, 2.05) is 26.0 Å². The SMILES string of the molecule is CNC(=O)C(=N)N(C(=N)c1cc(C(C)C)c(OC)cc1O)c1ccc(N2CCN(C)CC2)cc1. The topological polar surface area (TPSA) is 116 Å². The van der Waals surface area contributed by atoms with Gasteiger partial charge in [0.25, 0.3) is 5.91 Å². The Hall–Kier alpha value is -3.59. The smallest absolute Gasteiger partial charge is 0.286 e. The Bertz CT molecular complexity index is 1060. The molecule has 182 valence electrons. The third-order valence-electron chi connectivity index (χ3n) is 6.09. The highest BCUT2D eigenvalue weighted by molar-refractivity contribution is 6.48. The number of nitrogens with one attached hydrogen (secondary N) is 3. The van der Waals surface area contributed by atoms with Gasteiger partial charge in [-0.05, 0) is 48.9 Å². The second-order valence-electron chi connectivity index (χ2n) is 8.68. The molecule has 0 saturated carbocycles. The highest BCUT2D eigenvalue weighted by atomic mass is 16.5. The van der Waals surface area contributed by atoms with Crippen LogP contribution in [0, 0.1) is 10.8 Å². The average Bonchev–Trinajstić information content (AvgIpc) is 2.83. The van der Waals surface area contributed by atoms with Gasteiger partial charge in [0.1, 0.15) is 17.3 Å². The van der Waals surface area contributed by atoms with Crippen molar-refractivity contribution in [1.82, 2.24) is 10.2 Å². The van der Waals surface area contributed by atoms with Crippen molar-refractivity contribution in [2.75, 3.05) is 57.2 Å². The molecule has 2 aromatic rings. The predicted octanol–water partition coefficient (Wildman–Crippen LogP) is 2.83. The van der Waals surface area contributed by atoms with Gasteiger partial charge in [0.15, 0.2) is 5.84 Å². The number of carbonyl (C=O) groups excluding carboxylic acids is 1. The van der Waals surface area contributed by atoms with Crippen molar-refractivity contribution in [3.63, 3.8) is 0 Å². The molecule has 0 aliphatic carbocycles. The molecule has 1 saturated heterocycles. The first kappa shape index (κ1) is 25.0. The summed E-state index contributed by atoms with van der Waals surface area (Å²) in [5, 5.41) is 30.5. The van der Waals surface area contributed by atoms with Crippen LogP contribution < -0.4 is 19.9 Å². The van der Waals surface area contributed by atoms with Gasteiger partial charge in [0.05, 0.1) is 12.7 Å². The summed E-state index contributed by atoms with van der Waals surface area (Å²) in [5.74, 6) is -0.783. The minimum Gasteiger partial charge on any atom is -0.507 e. The van der Waals surface area contributed by atoms with E-state index in [1.54, 1.807) is 18.2 Å². The summed E-state index contributed by atoms with van der Waals surface area (Å²) in [6, 6.07) is 10.6. The molecule has 4 N–H and O–H groups in total. The quantitative estimate of drug-likeness (QED) is 0.398. The predicted molar refractivity (Wildman–Crippen MR) is 136 cm³/mol. The minimum absolute atomic E-state index is 0.0804. The largest absolute Gasteiger partial charge is 0.507 e. The fourth-order valence-corrected chi connectivity index (χ4v) is 3.99. The normalized spacial score (nSPS) is 14.1. The Labute approximate surface area is 200 Å². The number of anilines is 2. The number of aromatic hydroxyl groups is 1. The van der Waals surface area contributed by atoms with Crippen LogP contribution >= 0.6 is 0 Å². The number of carbonyl (C=O) groups is 1. The van der Waals surface area contributed by atoms with Crippen LogP contribution in [0.1, 0.15) is 30.9 Å². The second-order valence-corrected chi connectivity index (χ2v) is 8.68. The zero-order chi connectivity index (χ0) is 25.0. The number of piperazine rings is 1. The molecule has 34 heavy (non-hydrogen) atoms. The Kier molecular flexibility index (Phi) is 7.78. The number of phenols is 1. The number of methoxy groups -OCH3 is 1. The third kappa shape index (κ3) is 5.14. The van der Waals surface area contributed by atoms with Gasteiger partial charge in [0.2, 0.25) is 0 Å². The third-order valence-corrected chi connectivity index (χ3v) is 6.09. The monoisotopic (exact) mass is 466 g/mol. The minimum atomic E-state index is -0.634. The Balaban J connectivity index is 2.00. The molecular weight excluding hydrogens is 432 g/mol. The molecule has 0 radical (unpaired) electrons. The number of ether oxygens (including phenoxy) is 1. The first-order valence-corrected chi connectivity index (χ1v) is 11.3. The van der Waals surface area contributed by atoms with E-state index in [-0.39, 0.29) is 23.1 Å². The van der Waals surface area contributed by atoms with Crippen LogP contribution in [0.5, 0.6) is 11.5 Å². The molecule has 0 spiro atoms. The number of amides is 1. The van der Waals surface area contributed by atoms with Gasteiger partial charge in [-0.2, -0.15) is 0 Å². The molecule has 0 atom stereocenters. The molecule has 1 fully saturated rings. The van der Waals surface area contributed by atoms with E-state index < -0.39 is 11.7 Å². The highest BCUT2D eigenvalue weighted by Gasteiger charge is 2.27. The number of likely N-dealkylation sites (N-methyl/N-ethyl adjacent to an activating group) is 2. The lowest BCUT2D eigenvalue weighted by Gasteiger charge is -2.34. The van der Waals surface area contributed by atoms with Crippen LogP contribution in [0.2, 0.25) is 0 Å². The van der Waals surface area contributed by atoms with E-state index in [9.17, 15) is 9.90 Å². The number of hydrogen-bond donors (Lipinski definition) is 4. The summed E-state index contributed by atoms with van der Waals surface area (Å²) in [6.45, 7) is 7.78. The van der Waals surface area contributed by atoms with Gasteiger partial charge >= 0.3 is 0 Å². The number of nitrogens with zero attached hydrogens (tertiary/aromatic N) is 3. The van der Waals surface area contributed by atoms with Crippen LogP contribution in [0.25, 0.3) is 0 Å². The number of phenolic OH excluding ortho intramolecular Hbond substituents is 1. The van der Waals surface area contributed by atoms with Crippen molar-refractivity contribution in [1.29, 1.82) is 10.8 Å². The van der Waals surface area contributed by atoms with E-state index in [0.717, 1.165) is 37.4 Å². The molecule has 0 unspecified atom stereocenters. The average molecular weight is 467 g/mol. The standard InChI is InChI=1S/C25H34N6O3/c1-16(2)19-14-20(21(32)15-22(19)34-5)23(26)31(24(27)25(33)28-3)18-8-6-17(7-9-18)30-12-10-29(4)11-13-30/h6-9,14-16,26-27,32H,10-13H2,1-5H3,(H,28,33). The number of amidine groups is 2. The lowest BCUT2D eigenvalue weighted by molar-refractivity contribution is -0.114. The van der Waals surface area contributed by atoms with Gasteiger partial charge in [0, 0.05) is 50.7 Å². The van der Waals surface area contributed by atoms with Crippen molar-refractivity contribution in [2.45, 2.75) is 19.8 Å². The van der Waals surface area contributed by atoms with Gasteiger partial charge in [-0.1, -0.05) is 13.8 Å². The summed E-state index contributed by atoms with van der Waals surface area (Å²) >= 11 is 0. The fourth-order valence-electron chi connectivity index (χ4n) is 3.99. The molecule has 2 aromatic carbocycles. The van der Waals surface area contributed by atoms with Crippen molar-refractivity contribution in [3.8, 4) is 11.5 Å². The van der Waals surface area contributed by atoms with E-state index in [0.29, 0.717) is 11.4 Å². The van der Waals surface area contributed by atoms with E-state index in [4.69, 9.17) is 15.6 Å². The maximum absolute atomic E-state index is 12.4. The summed E-state index contributed by atoms with van der Waals surface area (Å²) in [7, 11) is 5.08. The molecule has 1 aliphatic heterocycles. The van der Waals surface area contributed by atoms with Crippen molar-refractivity contribution in [2.24, 2.45) is 0 Å². The van der Waals surface area contributed by atoms with Gasteiger partial charge in [-0.15, -0.1) is 0 Å². The maximum atomic E-state index is 12.4. The Morgan fingerprint density at radius 2 is 1.74 bits per heavy atom. The Morgan fingerprint density at radius 1 is 1.12 bits per heavy atom. The fraction of sp³-hybridized carbons (Fsp3) is 0.400.